The first-order valence-electron chi connectivity index (χ1n) is 10.0. The second-order valence-electron chi connectivity index (χ2n) is 8.25. The Kier molecular flexibility index (Phi) is 7.03. The van der Waals surface area contributed by atoms with Crippen molar-refractivity contribution >= 4 is 44.2 Å². The fourth-order valence-corrected chi connectivity index (χ4v) is 5.25. The quantitative estimate of drug-likeness (QED) is 0.615. The summed E-state index contributed by atoms with van der Waals surface area (Å²) >= 11 is 1.18. The van der Waals surface area contributed by atoms with Gasteiger partial charge in [-0.05, 0) is 39.0 Å². The van der Waals surface area contributed by atoms with Crippen LogP contribution in [0.1, 0.15) is 31.1 Å². The fraction of sp³-hybridized carbons (Fsp3) is 0.450. The molecule has 1 fully saturated rings. The second kappa shape index (κ2) is 9.43. The van der Waals surface area contributed by atoms with E-state index in [1.807, 2.05) is 25.7 Å². The number of hydrogen-bond acceptors (Lipinski definition) is 9. The van der Waals surface area contributed by atoms with Crippen LogP contribution in [0.15, 0.2) is 28.6 Å². The van der Waals surface area contributed by atoms with Gasteiger partial charge in [0, 0.05) is 31.6 Å². The normalized spacial score (nSPS) is 14.7. The molecular weight excluding hydrogens is 472 g/mol. The van der Waals surface area contributed by atoms with E-state index in [0.29, 0.717) is 31.3 Å². The van der Waals surface area contributed by atoms with Gasteiger partial charge >= 0.3 is 12.1 Å². The fourth-order valence-electron chi connectivity index (χ4n) is 3.03. The zero-order chi connectivity index (χ0) is 24.4. The number of rotatable bonds is 6. The molecule has 0 unspecified atom stereocenters. The predicted molar refractivity (Wildman–Crippen MR) is 123 cm³/mol. The van der Waals surface area contributed by atoms with Gasteiger partial charge in [0.25, 0.3) is 10.0 Å². The maximum absolute atomic E-state index is 12.8. The molecule has 0 spiro atoms. The van der Waals surface area contributed by atoms with Gasteiger partial charge < -0.3 is 24.4 Å². The molecule has 1 amide bonds. The summed E-state index contributed by atoms with van der Waals surface area (Å²) in [4.78, 5) is 31.1. The number of sulfonamides is 1. The highest BCUT2D eigenvalue weighted by Crippen LogP contribution is 2.30. The highest BCUT2D eigenvalue weighted by Gasteiger charge is 2.28. The molecular formula is C20H26N4O7S2. The molecule has 33 heavy (non-hydrogen) atoms. The third kappa shape index (κ3) is 6.05. The zero-order valence-corrected chi connectivity index (χ0v) is 20.3. The van der Waals surface area contributed by atoms with Crippen LogP contribution < -0.4 is 14.4 Å². The Bertz CT molecular complexity index is 1130. The highest BCUT2D eigenvalue weighted by atomic mass is 32.2. The summed E-state index contributed by atoms with van der Waals surface area (Å²) in [6.07, 6.45) is -0.378. The van der Waals surface area contributed by atoms with Crippen LogP contribution in [0, 0.1) is 0 Å². The van der Waals surface area contributed by atoms with Crippen molar-refractivity contribution in [1.29, 1.82) is 0 Å². The lowest BCUT2D eigenvalue weighted by molar-refractivity contribution is 0.0240. The maximum Gasteiger partial charge on any atom is 0.410 e. The monoisotopic (exact) mass is 498 g/mol. The van der Waals surface area contributed by atoms with Crippen LogP contribution in [0.4, 0.5) is 15.6 Å². The number of nitrogens with one attached hydrogen (secondary N) is 1. The Hall–Kier alpha value is -3.06. The van der Waals surface area contributed by atoms with Gasteiger partial charge in [0.05, 0.1) is 18.4 Å². The molecule has 3 rings (SSSR count). The van der Waals surface area contributed by atoms with Gasteiger partial charge in [-0.25, -0.2) is 14.6 Å². The lowest BCUT2D eigenvalue weighted by atomic mass is 10.2. The van der Waals surface area contributed by atoms with Gasteiger partial charge in [0.1, 0.15) is 11.4 Å². The molecule has 2 aromatic rings. The molecule has 11 nitrogen and oxygen atoms in total. The molecule has 0 atom stereocenters. The minimum absolute atomic E-state index is 0.0312. The van der Waals surface area contributed by atoms with E-state index in [0.717, 1.165) is 0 Å². The van der Waals surface area contributed by atoms with Crippen molar-refractivity contribution in [3.8, 4) is 5.75 Å². The van der Waals surface area contributed by atoms with Gasteiger partial charge in [-0.2, -0.15) is 8.42 Å². The first kappa shape index (κ1) is 24.6. The number of carboxylic acid groups (broad SMARTS) is 1. The SMILES string of the molecule is COc1cc(C(=O)O)ccc1NS(=O)(=O)c1csc(N2CCN(C(=O)OC(C)(C)C)CC2)n1. The van der Waals surface area contributed by atoms with E-state index < -0.39 is 21.6 Å². The molecule has 2 N–H and O–H groups in total. The van der Waals surface area contributed by atoms with Crippen molar-refractivity contribution in [3.05, 3.63) is 29.1 Å². The van der Waals surface area contributed by atoms with Crippen LogP contribution >= 0.6 is 11.3 Å². The van der Waals surface area contributed by atoms with E-state index in [-0.39, 0.29) is 28.1 Å². The maximum atomic E-state index is 12.8. The standard InChI is InChI=1S/C20H26N4O7S2/c1-20(2,3)31-19(27)24-9-7-23(8-10-24)18-21-16(12-32-18)33(28,29)22-14-6-5-13(17(25)26)11-15(14)30-4/h5-6,11-12,22H,7-10H2,1-4H3,(H,25,26). The van der Waals surface area contributed by atoms with Crippen LogP contribution in [0.2, 0.25) is 0 Å². The number of anilines is 2. The Morgan fingerprint density at radius 3 is 2.42 bits per heavy atom. The minimum atomic E-state index is -4.03. The van der Waals surface area contributed by atoms with E-state index in [1.165, 1.54) is 42.0 Å². The van der Waals surface area contributed by atoms with Gasteiger partial charge in [0.15, 0.2) is 10.2 Å². The van der Waals surface area contributed by atoms with E-state index in [2.05, 4.69) is 9.71 Å². The molecule has 1 aromatic carbocycles. The van der Waals surface area contributed by atoms with E-state index in [9.17, 15) is 18.0 Å². The number of aromatic nitrogens is 1. The lowest BCUT2D eigenvalue weighted by Crippen LogP contribution is -2.50. The molecule has 0 radical (unpaired) electrons. The molecule has 1 aliphatic heterocycles. The molecule has 1 aliphatic rings. The molecule has 2 heterocycles. The third-order valence-electron chi connectivity index (χ3n) is 4.64. The number of aromatic carboxylic acids is 1. The Morgan fingerprint density at radius 2 is 1.85 bits per heavy atom. The molecule has 1 saturated heterocycles. The Balaban J connectivity index is 1.68. The van der Waals surface area contributed by atoms with Crippen LogP contribution in [0.25, 0.3) is 0 Å². The number of ether oxygens (including phenoxy) is 2. The summed E-state index contributed by atoms with van der Waals surface area (Å²) in [6.45, 7) is 7.27. The number of thiazole rings is 1. The van der Waals surface area contributed by atoms with Crippen LogP contribution in [0.3, 0.4) is 0 Å². The highest BCUT2D eigenvalue weighted by molar-refractivity contribution is 7.92. The number of carbonyl (C=O) groups excluding carboxylic acids is 1. The van der Waals surface area contributed by atoms with Crippen molar-refractivity contribution in [1.82, 2.24) is 9.88 Å². The first-order chi connectivity index (χ1) is 15.4. The van der Waals surface area contributed by atoms with Gasteiger partial charge in [-0.3, -0.25) is 4.72 Å². The van der Waals surface area contributed by atoms with E-state index >= 15 is 0 Å². The lowest BCUT2D eigenvalue weighted by Gasteiger charge is -2.35. The van der Waals surface area contributed by atoms with Crippen LogP contribution in [0.5, 0.6) is 5.75 Å². The average molecular weight is 499 g/mol. The van der Waals surface area contributed by atoms with Crippen LogP contribution in [-0.4, -0.2) is 74.4 Å². The Morgan fingerprint density at radius 1 is 1.18 bits per heavy atom. The van der Waals surface area contributed by atoms with Crippen molar-refractivity contribution in [2.75, 3.05) is 42.9 Å². The average Bonchev–Trinajstić information content (AvgIpc) is 3.24. The molecule has 0 aliphatic carbocycles. The summed E-state index contributed by atoms with van der Waals surface area (Å²) in [5.74, 6) is -1.08. The number of methoxy groups -OCH3 is 1. The number of carbonyl (C=O) groups is 2. The molecule has 1 aromatic heterocycles. The summed E-state index contributed by atoms with van der Waals surface area (Å²) in [5.41, 5.74) is -0.504. The second-order valence-corrected chi connectivity index (χ2v) is 10.7. The minimum Gasteiger partial charge on any atom is -0.495 e. The van der Waals surface area contributed by atoms with Crippen LogP contribution in [-0.2, 0) is 14.8 Å². The third-order valence-corrected chi connectivity index (χ3v) is 6.94. The molecule has 0 saturated carbocycles. The van der Waals surface area contributed by atoms with E-state index in [1.54, 1.807) is 4.90 Å². The van der Waals surface area contributed by atoms with Gasteiger partial charge in [-0.1, -0.05) is 0 Å². The van der Waals surface area contributed by atoms with Crippen molar-refractivity contribution in [2.45, 2.75) is 31.4 Å². The number of hydrogen-bond donors (Lipinski definition) is 2. The Labute approximate surface area is 196 Å². The van der Waals surface area contributed by atoms with Crippen molar-refractivity contribution < 1.29 is 32.6 Å². The number of piperazine rings is 1. The zero-order valence-electron chi connectivity index (χ0n) is 18.7. The van der Waals surface area contributed by atoms with Crippen molar-refractivity contribution in [3.63, 3.8) is 0 Å². The summed E-state index contributed by atoms with van der Waals surface area (Å²) in [5, 5.41) is 10.9. The first-order valence-corrected chi connectivity index (χ1v) is 12.4. The summed E-state index contributed by atoms with van der Waals surface area (Å²) in [6, 6.07) is 3.83. The topological polar surface area (TPSA) is 138 Å². The number of carboxylic acids is 1. The molecule has 180 valence electrons. The van der Waals surface area contributed by atoms with Gasteiger partial charge in [0.2, 0.25) is 0 Å². The smallest absolute Gasteiger partial charge is 0.410 e. The molecule has 13 heteroatoms. The van der Waals surface area contributed by atoms with E-state index in [4.69, 9.17) is 14.6 Å². The number of nitrogens with zero attached hydrogens (tertiary/aromatic N) is 3. The largest absolute Gasteiger partial charge is 0.495 e. The van der Waals surface area contributed by atoms with Crippen molar-refractivity contribution in [2.24, 2.45) is 0 Å². The predicted octanol–water partition coefficient (Wildman–Crippen LogP) is 2.71. The summed E-state index contributed by atoms with van der Waals surface area (Å²) in [7, 11) is -2.71. The summed E-state index contributed by atoms with van der Waals surface area (Å²) < 4.78 is 38.6. The van der Waals surface area contributed by atoms with Gasteiger partial charge in [-0.15, -0.1) is 11.3 Å². The number of benzene rings is 1. The molecule has 0 bridgehead atoms. The number of amides is 1.